The van der Waals surface area contributed by atoms with Gasteiger partial charge in [-0.25, -0.2) is 4.79 Å². The summed E-state index contributed by atoms with van der Waals surface area (Å²) in [4.78, 5) is 39.6. The molecule has 0 saturated carbocycles. The monoisotopic (exact) mass is 365 g/mol. The number of nitrogens with zero attached hydrogens (tertiary/aromatic N) is 1. The minimum Gasteiger partial charge on any atom is -0.458 e. The second-order valence-corrected chi connectivity index (χ2v) is 7.13. The molecule has 0 amide bonds. The van der Waals surface area contributed by atoms with E-state index in [4.69, 9.17) is 9.47 Å². The maximum Gasteiger partial charge on any atom is 0.342 e. The van der Waals surface area contributed by atoms with Crippen LogP contribution in [0, 0.1) is 5.92 Å². The molecule has 2 aliphatic rings. The third kappa shape index (κ3) is 4.40. The zero-order valence-electron chi connectivity index (χ0n) is 15.6. The number of ketones is 1. The van der Waals surface area contributed by atoms with Crippen molar-refractivity contribution in [3.63, 3.8) is 0 Å². The molecule has 1 fully saturated rings. The zero-order chi connectivity index (χ0) is 19.5. The normalized spacial score (nSPS) is 32.4. The fourth-order valence-corrected chi connectivity index (χ4v) is 2.93. The van der Waals surface area contributed by atoms with Gasteiger partial charge in [0.2, 0.25) is 5.78 Å². The van der Waals surface area contributed by atoms with Gasteiger partial charge in [-0.1, -0.05) is 19.6 Å². The number of hydrogen-bond acceptors (Lipinski definition) is 7. The third-order valence-corrected chi connectivity index (χ3v) is 5.05. The SMILES string of the molecule is C=C1CC(CC)C(=O)OC2CCN(C)CC=C(COC(=O)C1(C)O)C2=O. The lowest BCUT2D eigenvalue weighted by atomic mass is 9.87. The molecule has 144 valence electrons. The van der Waals surface area contributed by atoms with Crippen molar-refractivity contribution in [3.8, 4) is 0 Å². The van der Waals surface area contributed by atoms with E-state index in [1.165, 1.54) is 6.92 Å². The molecule has 0 aromatic heterocycles. The molecule has 0 aromatic rings. The van der Waals surface area contributed by atoms with Crippen LogP contribution >= 0.6 is 0 Å². The van der Waals surface area contributed by atoms with Gasteiger partial charge in [-0.2, -0.15) is 0 Å². The zero-order valence-corrected chi connectivity index (χ0v) is 15.6. The number of esters is 2. The summed E-state index contributed by atoms with van der Waals surface area (Å²) in [7, 11) is 1.89. The predicted octanol–water partition coefficient (Wildman–Crippen LogP) is 1.01. The van der Waals surface area contributed by atoms with E-state index in [0.717, 1.165) is 0 Å². The second kappa shape index (κ2) is 8.14. The first-order valence-corrected chi connectivity index (χ1v) is 8.87. The number of carbonyl (C=O) groups excluding carboxylic acids is 3. The van der Waals surface area contributed by atoms with E-state index in [2.05, 4.69) is 6.58 Å². The Kier molecular flexibility index (Phi) is 6.36. The Balaban J connectivity index is 2.40. The molecule has 0 radical (unpaired) electrons. The highest BCUT2D eigenvalue weighted by Gasteiger charge is 2.39. The quantitative estimate of drug-likeness (QED) is 0.547. The van der Waals surface area contributed by atoms with Gasteiger partial charge < -0.3 is 19.5 Å². The van der Waals surface area contributed by atoms with Gasteiger partial charge in [0.25, 0.3) is 0 Å². The molecule has 0 spiro atoms. The average Bonchev–Trinajstić information content (AvgIpc) is 2.59. The molecular formula is C19H27NO6. The highest BCUT2D eigenvalue weighted by Crippen LogP contribution is 2.28. The minimum atomic E-state index is -1.94. The summed E-state index contributed by atoms with van der Waals surface area (Å²) in [6.45, 7) is 7.69. The molecule has 0 aliphatic carbocycles. The molecule has 1 N–H and O–H groups in total. The molecule has 2 heterocycles. The van der Waals surface area contributed by atoms with Crippen molar-refractivity contribution in [2.75, 3.05) is 26.7 Å². The van der Waals surface area contributed by atoms with Gasteiger partial charge in [-0.05, 0) is 32.4 Å². The second-order valence-electron chi connectivity index (χ2n) is 7.13. The maximum absolute atomic E-state index is 12.8. The van der Waals surface area contributed by atoms with E-state index in [1.54, 1.807) is 13.0 Å². The summed E-state index contributed by atoms with van der Waals surface area (Å²) in [6, 6.07) is 0. The Hall–Kier alpha value is -1.99. The van der Waals surface area contributed by atoms with E-state index in [9.17, 15) is 19.5 Å². The Bertz CT molecular complexity index is 636. The van der Waals surface area contributed by atoms with Crippen molar-refractivity contribution in [1.29, 1.82) is 0 Å². The van der Waals surface area contributed by atoms with Crippen molar-refractivity contribution in [1.82, 2.24) is 4.90 Å². The van der Waals surface area contributed by atoms with Gasteiger partial charge >= 0.3 is 11.9 Å². The first-order valence-electron chi connectivity index (χ1n) is 8.87. The first kappa shape index (κ1) is 20.3. The number of carbonyl (C=O) groups is 3. The Labute approximate surface area is 153 Å². The van der Waals surface area contributed by atoms with E-state index < -0.39 is 29.6 Å². The minimum absolute atomic E-state index is 0.0843. The van der Waals surface area contributed by atoms with Crippen molar-refractivity contribution in [2.24, 2.45) is 5.92 Å². The lowest BCUT2D eigenvalue weighted by molar-refractivity contribution is -0.163. The molecule has 2 rings (SSSR count). The molecular weight excluding hydrogens is 338 g/mol. The van der Waals surface area contributed by atoms with Crippen molar-refractivity contribution < 1.29 is 29.0 Å². The van der Waals surface area contributed by atoms with E-state index in [0.29, 0.717) is 25.9 Å². The number of aliphatic hydroxyl groups is 1. The van der Waals surface area contributed by atoms with Crippen LogP contribution in [0.25, 0.3) is 0 Å². The van der Waals surface area contributed by atoms with Gasteiger partial charge in [0, 0.05) is 25.1 Å². The molecule has 7 nitrogen and oxygen atoms in total. The van der Waals surface area contributed by atoms with Crippen LogP contribution in [0.5, 0.6) is 0 Å². The third-order valence-electron chi connectivity index (χ3n) is 5.05. The van der Waals surface area contributed by atoms with Gasteiger partial charge in [0.15, 0.2) is 11.7 Å². The maximum atomic E-state index is 12.8. The van der Waals surface area contributed by atoms with Crippen LogP contribution in [0.2, 0.25) is 0 Å². The highest BCUT2D eigenvalue weighted by molar-refractivity contribution is 6.00. The van der Waals surface area contributed by atoms with E-state index in [1.807, 2.05) is 11.9 Å². The molecule has 3 unspecified atom stereocenters. The smallest absolute Gasteiger partial charge is 0.342 e. The van der Waals surface area contributed by atoms with Crippen LogP contribution in [-0.2, 0) is 23.9 Å². The Morgan fingerprint density at radius 1 is 1.38 bits per heavy atom. The molecule has 7 heteroatoms. The summed E-state index contributed by atoms with van der Waals surface area (Å²) in [5.74, 6) is -2.34. The number of ether oxygens (including phenoxy) is 2. The number of fused-ring (bicyclic) bond motifs is 2. The van der Waals surface area contributed by atoms with Crippen LogP contribution in [0.1, 0.15) is 33.1 Å². The fourth-order valence-electron chi connectivity index (χ4n) is 2.93. The van der Waals surface area contributed by atoms with Gasteiger partial charge in [-0.15, -0.1) is 0 Å². The van der Waals surface area contributed by atoms with Crippen molar-refractivity contribution >= 4 is 17.7 Å². The Morgan fingerprint density at radius 2 is 2.08 bits per heavy atom. The molecule has 2 bridgehead atoms. The lowest BCUT2D eigenvalue weighted by Gasteiger charge is -2.30. The summed E-state index contributed by atoms with van der Waals surface area (Å²) >= 11 is 0. The van der Waals surface area contributed by atoms with Gasteiger partial charge in [-0.3, -0.25) is 9.59 Å². The summed E-state index contributed by atoms with van der Waals surface area (Å²) in [5.41, 5.74) is -1.49. The van der Waals surface area contributed by atoms with Crippen molar-refractivity contribution in [3.05, 3.63) is 23.8 Å². The van der Waals surface area contributed by atoms with Crippen LogP contribution in [0.3, 0.4) is 0 Å². The van der Waals surface area contributed by atoms with Crippen LogP contribution < -0.4 is 0 Å². The summed E-state index contributed by atoms with van der Waals surface area (Å²) in [5, 5.41) is 10.5. The molecule has 0 aromatic carbocycles. The topological polar surface area (TPSA) is 93.1 Å². The van der Waals surface area contributed by atoms with Crippen LogP contribution in [0.4, 0.5) is 0 Å². The predicted molar refractivity (Wildman–Crippen MR) is 94.2 cm³/mol. The lowest BCUT2D eigenvalue weighted by Crippen LogP contribution is -2.43. The van der Waals surface area contributed by atoms with E-state index >= 15 is 0 Å². The summed E-state index contributed by atoms with van der Waals surface area (Å²) in [6.07, 6.45) is 1.66. The van der Waals surface area contributed by atoms with Crippen LogP contribution in [0.15, 0.2) is 23.8 Å². The summed E-state index contributed by atoms with van der Waals surface area (Å²) < 4.78 is 10.7. The number of likely N-dealkylation sites (N-methyl/N-ethyl adjacent to an activating group) is 1. The number of cyclic esters (lactones) is 1. The number of Topliss-reactive ketones (excluding diaryl/α,β-unsaturated/α-hetero) is 1. The molecule has 3 atom stereocenters. The standard InChI is InChI=1S/C19H27NO6/c1-5-13-10-12(2)19(3,24)18(23)25-11-14-6-8-20(4)9-7-15(16(14)21)26-17(13)22/h6,13,15,24H,2,5,7-11H2,1,3-4H3. The molecule has 1 saturated heterocycles. The van der Waals surface area contributed by atoms with Crippen LogP contribution in [-0.4, -0.2) is 66.2 Å². The van der Waals surface area contributed by atoms with Gasteiger partial charge in [0.05, 0.1) is 5.92 Å². The highest BCUT2D eigenvalue weighted by atomic mass is 16.6. The van der Waals surface area contributed by atoms with Crippen molar-refractivity contribution in [2.45, 2.75) is 44.8 Å². The fraction of sp³-hybridized carbons (Fsp3) is 0.632. The average molecular weight is 365 g/mol. The number of rotatable bonds is 1. The van der Waals surface area contributed by atoms with E-state index in [-0.39, 0.29) is 30.0 Å². The molecule has 2 aliphatic heterocycles. The number of hydrogen-bond donors (Lipinski definition) is 1. The largest absolute Gasteiger partial charge is 0.458 e. The Morgan fingerprint density at radius 3 is 2.73 bits per heavy atom. The first-order chi connectivity index (χ1) is 12.2. The van der Waals surface area contributed by atoms with Gasteiger partial charge in [0.1, 0.15) is 6.61 Å². The molecule has 26 heavy (non-hydrogen) atoms.